The van der Waals surface area contributed by atoms with Crippen LogP contribution in [0.3, 0.4) is 0 Å². The van der Waals surface area contributed by atoms with E-state index in [9.17, 15) is 24.0 Å². The van der Waals surface area contributed by atoms with E-state index in [0.29, 0.717) is 28.8 Å². The average molecular weight is 455 g/mol. The van der Waals surface area contributed by atoms with E-state index >= 15 is 0 Å². The first kappa shape index (κ1) is 21.5. The molecule has 166 valence electrons. The van der Waals surface area contributed by atoms with E-state index in [2.05, 4.69) is 16.0 Å². The normalized spacial score (nSPS) is 17.7. The van der Waals surface area contributed by atoms with Crippen LogP contribution in [0.1, 0.15) is 49.6 Å². The lowest BCUT2D eigenvalue weighted by Gasteiger charge is -2.29. The molecule has 1 saturated heterocycles. The number of nitrogens with zero attached hydrogens (tertiary/aromatic N) is 1. The minimum atomic E-state index is -0.678. The Morgan fingerprint density at radius 3 is 2.78 bits per heavy atom. The third-order valence-corrected chi connectivity index (χ3v) is 6.59. The lowest BCUT2D eigenvalue weighted by atomic mass is 10.0. The molecule has 1 unspecified atom stereocenters. The third-order valence-electron chi connectivity index (χ3n) is 5.56. The number of anilines is 1. The summed E-state index contributed by atoms with van der Waals surface area (Å²) in [6.45, 7) is 2.19. The van der Waals surface area contributed by atoms with Crippen LogP contribution in [0.4, 0.5) is 10.5 Å². The Hall–Kier alpha value is -3.73. The van der Waals surface area contributed by atoms with E-state index in [-0.39, 0.29) is 31.3 Å². The number of nitrogens with two attached hydrogens (primary N) is 1. The second-order valence-corrected chi connectivity index (χ2v) is 8.62. The van der Waals surface area contributed by atoms with E-state index in [1.165, 1.54) is 22.3 Å². The van der Waals surface area contributed by atoms with E-state index in [1.807, 2.05) is 0 Å². The van der Waals surface area contributed by atoms with Crippen molar-refractivity contribution < 1.29 is 24.0 Å². The Morgan fingerprint density at radius 1 is 1.28 bits per heavy atom. The molecule has 3 heterocycles. The van der Waals surface area contributed by atoms with Gasteiger partial charge in [0.15, 0.2) is 0 Å². The SMILES string of the molecule is Cc1ccc(NC(=O)NCc2scc3c2CN(C2CCC(=O)NC2=O)C3=O)cc1C(N)=O. The highest BCUT2D eigenvalue weighted by atomic mass is 32.1. The van der Waals surface area contributed by atoms with Gasteiger partial charge in [-0.25, -0.2) is 4.79 Å². The largest absolute Gasteiger partial charge is 0.366 e. The number of piperidine rings is 1. The number of hydrogen-bond donors (Lipinski definition) is 4. The Morgan fingerprint density at radius 2 is 2.06 bits per heavy atom. The first-order valence-electron chi connectivity index (χ1n) is 9.94. The molecule has 5 N–H and O–H groups in total. The highest BCUT2D eigenvalue weighted by Gasteiger charge is 2.40. The number of hydrogen-bond acceptors (Lipinski definition) is 6. The maximum atomic E-state index is 12.8. The van der Waals surface area contributed by atoms with Gasteiger partial charge in [0.25, 0.3) is 5.91 Å². The fourth-order valence-electron chi connectivity index (χ4n) is 3.85. The van der Waals surface area contributed by atoms with Crippen molar-refractivity contribution in [3.63, 3.8) is 0 Å². The minimum Gasteiger partial charge on any atom is -0.366 e. The third kappa shape index (κ3) is 4.06. The number of urea groups is 1. The molecule has 1 aromatic carbocycles. The first-order valence-corrected chi connectivity index (χ1v) is 10.8. The molecule has 1 fully saturated rings. The predicted octanol–water partition coefficient (Wildman–Crippen LogP) is 1.24. The fraction of sp³-hybridized carbons (Fsp3) is 0.286. The molecule has 10 nitrogen and oxygen atoms in total. The van der Waals surface area contributed by atoms with Crippen LogP contribution in [0.5, 0.6) is 0 Å². The van der Waals surface area contributed by atoms with E-state index in [0.717, 1.165) is 10.4 Å². The molecule has 1 aromatic heterocycles. The Bertz CT molecular complexity index is 1160. The quantitative estimate of drug-likeness (QED) is 0.500. The summed E-state index contributed by atoms with van der Waals surface area (Å²) >= 11 is 1.36. The summed E-state index contributed by atoms with van der Waals surface area (Å²) in [5, 5.41) is 9.39. The summed E-state index contributed by atoms with van der Waals surface area (Å²) in [5.74, 6) is -1.62. The molecule has 0 bridgehead atoms. The number of aryl methyl sites for hydroxylation is 1. The molecule has 6 amide bonds. The van der Waals surface area contributed by atoms with Crippen LogP contribution in [0, 0.1) is 6.92 Å². The van der Waals surface area contributed by atoms with Gasteiger partial charge in [0.1, 0.15) is 6.04 Å². The first-order chi connectivity index (χ1) is 15.2. The highest BCUT2D eigenvalue weighted by molar-refractivity contribution is 7.10. The van der Waals surface area contributed by atoms with Gasteiger partial charge in [-0.1, -0.05) is 6.07 Å². The van der Waals surface area contributed by atoms with Crippen LogP contribution in [0.15, 0.2) is 23.6 Å². The Balaban J connectivity index is 1.39. The number of carbonyl (C=O) groups is 5. The van der Waals surface area contributed by atoms with Gasteiger partial charge in [-0.3, -0.25) is 24.5 Å². The summed E-state index contributed by atoms with van der Waals surface area (Å²) in [4.78, 5) is 62.4. The predicted molar refractivity (Wildman–Crippen MR) is 116 cm³/mol. The molecule has 11 heteroatoms. The summed E-state index contributed by atoms with van der Waals surface area (Å²) in [5.41, 5.74) is 8.10. The van der Waals surface area contributed by atoms with Gasteiger partial charge in [0, 0.05) is 34.5 Å². The van der Waals surface area contributed by atoms with Crippen LogP contribution in [0.25, 0.3) is 0 Å². The van der Waals surface area contributed by atoms with Crippen molar-refractivity contribution in [3.8, 4) is 0 Å². The van der Waals surface area contributed by atoms with Crippen molar-refractivity contribution in [1.82, 2.24) is 15.5 Å². The topological polar surface area (TPSA) is 151 Å². The molecule has 1 atom stereocenters. The van der Waals surface area contributed by atoms with Crippen LogP contribution in [-0.2, 0) is 22.7 Å². The molecule has 32 heavy (non-hydrogen) atoms. The van der Waals surface area contributed by atoms with Crippen LogP contribution in [-0.4, -0.2) is 40.6 Å². The monoisotopic (exact) mass is 455 g/mol. The van der Waals surface area contributed by atoms with Gasteiger partial charge in [0.2, 0.25) is 17.7 Å². The van der Waals surface area contributed by atoms with Crippen LogP contribution < -0.4 is 21.7 Å². The zero-order chi connectivity index (χ0) is 23.0. The number of primary amides is 1. The fourth-order valence-corrected chi connectivity index (χ4v) is 4.83. The number of amides is 6. The number of fused-ring (bicyclic) bond motifs is 1. The Kier molecular flexibility index (Phi) is 5.66. The van der Waals surface area contributed by atoms with Crippen molar-refractivity contribution >= 4 is 46.7 Å². The number of benzene rings is 1. The molecule has 0 saturated carbocycles. The highest BCUT2D eigenvalue weighted by Crippen LogP contribution is 2.33. The second-order valence-electron chi connectivity index (χ2n) is 7.65. The average Bonchev–Trinajstić information content (AvgIpc) is 3.28. The summed E-state index contributed by atoms with van der Waals surface area (Å²) in [6.07, 6.45) is 0.488. The number of carbonyl (C=O) groups excluding carboxylic acids is 5. The molecule has 0 aliphatic carbocycles. The minimum absolute atomic E-state index is 0.191. The lowest BCUT2D eigenvalue weighted by molar-refractivity contribution is -0.136. The maximum Gasteiger partial charge on any atom is 0.319 e. The number of imide groups is 1. The number of rotatable bonds is 5. The standard InChI is InChI=1S/C21H21N5O5S/c1-10-2-3-11(6-12(10)18(22)28)24-21(31)23-7-16-13-8-26(20(30)14(13)9-32-16)15-4-5-17(27)25-19(15)29/h2-3,6,9,15H,4-5,7-8H2,1H3,(H2,22,28)(H2,23,24,31)(H,25,27,29). The second kappa shape index (κ2) is 8.42. The molecule has 0 spiro atoms. The van der Waals surface area contributed by atoms with Crippen molar-refractivity contribution in [2.24, 2.45) is 5.73 Å². The zero-order valence-electron chi connectivity index (χ0n) is 17.2. The number of nitrogens with one attached hydrogen (secondary N) is 3. The zero-order valence-corrected chi connectivity index (χ0v) is 18.0. The molecule has 2 aromatic rings. The molecule has 2 aliphatic rings. The van der Waals surface area contributed by atoms with Gasteiger partial charge in [-0.05, 0) is 36.6 Å². The van der Waals surface area contributed by atoms with E-state index in [4.69, 9.17) is 5.73 Å². The maximum absolute atomic E-state index is 12.8. The summed E-state index contributed by atoms with van der Waals surface area (Å²) in [7, 11) is 0. The van der Waals surface area contributed by atoms with Crippen molar-refractivity contribution in [2.45, 2.75) is 38.9 Å². The van der Waals surface area contributed by atoms with Gasteiger partial charge in [-0.15, -0.1) is 11.3 Å². The molecular formula is C21H21N5O5S. The molecule has 4 rings (SSSR count). The molecule has 0 radical (unpaired) electrons. The van der Waals surface area contributed by atoms with E-state index < -0.39 is 23.9 Å². The summed E-state index contributed by atoms with van der Waals surface area (Å²) in [6, 6.07) is 3.72. The molecule has 2 aliphatic heterocycles. The molecular weight excluding hydrogens is 434 g/mol. The van der Waals surface area contributed by atoms with Gasteiger partial charge in [-0.2, -0.15) is 0 Å². The van der Waals surface area contributed by atoms with Gasteiger partial charge >= 0.3 is 6.03 Å². The Labute approximate surface area is 187 Å². The van der Waals surface area contributed by atoms with Crippen molar-refractivity contribution in [1.29, 1.82) is 0 Å². The summed E-state index contributed by atoms with van der Waals surface area (Å²) < 4.78 is 0. The van der Waals surface area contributed by atoms with Gasteiger partial charge in [0.05, 0.1) is 12.1 Å². The van der Waals surface area contributed by atoms with E-state index in [1.54, 1.807) is 24.4 Å². The van der Waals surface area contributed by atoms with Crippen molar-refractivity contribution in [2.75, 3.05) is 5.32 Å². The van der Waals surface area contributed by atoms with Crippen molar-refractivity contribution in [3.05, 3.63) is 50.7 Å². The number of thiophene rings is 1. The smallest absolute Gasteiger partial charge is 0.319 e. The van der Waals surface area contributed by atoms with Crippen LogP contribution in [0.2, 0.25) is 0 Å². The van der Waals surface area contributed by atoms with Crippen LogP contribution >= 0.6 is 11.3 Å². The van der Waals surface area contributed by atoms with Gasteiger partial charge < -0.3 is 21.3 Å². The lowest BCUT2D eigenvalue weighted by Crippen LogP contribution is -2.52.